The molecule has 4 heteroatoms. The van der Waals surface area contributed by atoms with Crippen LogP contribution < -0.4 is 4.90 Å². The van der Waals surface area contributed by atoms with Gasteiger partial charge < -0.3 is 9.64 Å². The van der Waals surface area contributed by atoms with E-state index in [2.05, 4.69) is 0 Å². The molecule has 1 heterocycles. The first-order valence-electron chi connectivity index (χ1n) is 6.06. The number of allylic oxidation sites excluding steroid dienone is 2. The molecule has 0 N–H and O–H groups in total. The number of hydrogen-bond acceptors (Lipinski definition) is 4. The molecule has 2 rings (SSSR count). The predicted octanol–water partition coefficient (Wildman–Crippen LogP) is 2.28. The Bertz CT molecular complexity index is 573. The van der Waals surface area contributed by atoms with Crippen LogP contribution in [0.2, 0.25) is 0 Å². The summed E-state index contributed by atoms with van der Waals surface area (Å²) in [6.07, 6.45) is 2.36. The lowest BCUT2D eigenvalue weighted by molar-refractivity contribution is -0.104. The number of hydrogen-bond donors (Lipinski definition) is 0. The van der Waals surface area contributed by atoms with E-state index in [9.17, 15) is 9.59 Å². The number of benzene rings is 1. The van der Waals surface area contributed by atoms with Crippen molar-refractivity contribution in [2.45, 2.75) is 19.3 Å². The smallest absolute Gasteiger partial charge is 0.337 e. The number of esters is 1. The highest BCUT2D eigenvalue weighted by atomic mass is 16.5. The number of methoxy groups -OCH3 is 1. The van der Waals surface area contributed by atoms with Crippen molar-refractivity contribution in [3.8, 4) is 0 Å². The summed E-state index contributed by atoms with van der Waals surface area (Å²) in [5.74, 6) is -0.353. The third kappa shape index (κ3) is 1.93. The van der Waals surface area contributed by atoms with Gasteiger partial charge in [-0.25, -0.2) is 4.79 Å². The average Bonchev–Trinajstić information content (AvgIpc) is 2.59. The van der Waals surface area contributed by atoms with E-state index in [1.54, 1.807) is 12.1 Å². The Morgan fingerprint density at radius 3 is 2.63 bits per heavy atom. The van der Waals surface area contributed by atoms with Crippen LogP contribution in [0.15, 0.2) is 30.0 Å². The molecule has 0 atom stereocenters. The number of carbonyl (C=O) groups is 2. The van der Waals surface area contributed by atoms with Crippen molar-refractivity contribution in [2.24, 2.45) is 0 Å². The van der Waals surface area contributed by atoms with E-state index in [0.29, 0.717) is 5.56 Å². The average molecular weight is 259 g/mol. The van der Waals surface area contributed by atoms with Gasteiger partial charge in [0.25, 0.3) is 0 Å². The lowest BCUT2D eigenvalue weighted by Crippen LogP contribution is -2.23. The lowest BCUT2D eigenvalue weighted by Gasteiger charge is -2.23. The summed E-state index contributed by atoms with van der Waals surface area (Å²) < 4.78 is 4.74. The topological polar surface area (TPSA) is 46.6 Å². The molecular formula is C15H17NO3. The molecule has 0 bridgehead atoms. The first kappa shape index (κ1) is 13.3. The van der Waals surface area contributed by atoms with E-state index >= 15 is 0 Å². The molecule has 19 heavy (non-hydrogen) atoms. The van der Waals surface area contributed by atoms with Crippen molar-refractivity contribution in [3.05, 3.63) is 41.1 Å². The molecule has 1 aromatic carbocycles. The van der Waals surface area contributed by atoms with E-state index in [1.165, 1.54) is 7.11 Å². The number of nitrogens with zero attached hydrogens (tertiary/aromatic N) is 1. The minimum Gasteiger partial charge on any atom is -0.465 e. The summed E-state index contributed by atoms with van der Waals surface area (Å²) in [5.41, 5.74) is 3.15. The molecule has 0 aromatic heterocycles. The Morgan fingerprint density at radius 1 is 1.37 bits per heavy atom. The number of fused-ring (bicyclic) bond motifs is 1. The normalized spacial score (nSPS) is 18.3. The van der Waals surface area contributed by atoms with Gasteiger partial charge in [0, 0.05) is 23.8 Å². The van der Waals surface area contributed by atoms with Gasteiger partial charge in [0.05, 0.1) is 12.7 Å². The molecule has 0 saturated heterocycles. The van der Waals surface area contributed by atoms with Crippen molar-refractivity contribution >= 4 is 17.9 Å². The number of anilines is 1. The summed E-state index contributed by atoms with van der Waals surface area (Å²) in [5, 5.41) is 0. The van der Waals surface area contributed by atoms with Crippen LogP contribution in [-0.2, 0) is 14.9 Å². The monoisotopic (exact) mass is 259 g/mol. The summed E-state index contributed by atoms with van der Waals surface area (Å²) in [6, 6.07) is 5.46. The zero-order valence-electron chi connectivity index (χ0n) is 11.6. The molecule has 0 spiro atoms. The Morgan fingerprint density at radius 2 is 2.05 bits per heavy atom. The third-order valence-corrected chi connectivity index (χ3v) is 3.68. The van der Waals surface area contributed by atoms with Gasteiger partial charge in [0.15, 0.2) is 0 Å². The fourth-order valence-corrected chi connectivity index (χ4v) is 2.65. The van der Waals surface area contributed by atoms with E-state index in [1.807, 2.05) is 37.9 Å². The molecule has 100 valence electrons. The van der Waals surface area contributed by atoms with Crippen molar-refractivity contribution in [2.75, 3.05) is 19.1 Å². The van der Waals surface area contributed by atoms with Gasteiger partial charge in [-0.3, -0.25) is 4.79 Å². The minimum absolute atomic E-state index is 0.310. The van der Waals surface area contributed by atoms with Crippen LogP contribution in [0, 0.1) is 0 Å². The van der Waals surface area contributed by atoms with E-state index in [0.717, 1.165) is 23.2 Å². The summed E-state index contributed by atoms with van der Waals surface area (Å²) in [4.78, 5) is 24.4. The SMILES string of the molecule is COC(=O)c1ccc2c(c1)C(C)(C)C(=CC=O)N2C. The fraction of sp³-hybridized carbons (Fsp3) is 0.333. The van der Waals surface area contributed by atoms with Crippen LogP contribution in [0.1, 0.15) is 29.8 Å². The number of likely N-dealkylation sites (N-methyl/N-ethyl adjacent to an activating group) is 1. The number of ether oxygens (including phenoxy) is 1. The second-order valence-corrected chi connectivity index (χ2v) is 5.10. The van der Waals surface area contributed by atoms with E-state index in [-0.39, 0.29) is 11.4 Å². The van der Waals surface area contributed by atoms with Crippen molar-refractivity contribution < 1.29 is 14.3 Å². The maximum Gasteiger partial charge on any atom is 0.337 e. The van der Waals surface area contributed by atoms with Gasteiger partial charge in [0.2, 0.25) is 0 Å². The van der Waals surface area contributed by atoms with Crippen LogP contribution in [-0.4, -0.2) is 26.4 Å². The molecule has 0 saturated carbocycles. The van der Waals surface area contributed by atoms with Gasteiger partial charge in [0.1, 0.15) is 6.29 Å². The van der Waals surface area contributed by atoms with E-state index < -0.39 is 0 Å². The fourth-order valence-electron chi connectivity index (χ4n) is 2.65. The maximum atomic E-state index is 11.6. The van der Waals surface area contributed by atoms with Gasteiger partial charge >= 0.3 is 5.97 Å². The van der Waals surface area contributed by atoms with Gasteiger partial charge in [-0.1, -0.05) is 13.8 Å². The van der Waals surface area contributed by atoms with Gasteiger partial charge in [-0.15, -0.1) is 0 Å². The summed E-state index contributed by atoms with van der Waals surface area (Å²) in [6.45, 7) is 4.07. The molecule has 1 aromatic rings. The van der Waals surface area contributed by atoms with Gasteiger partial charge in [-0.05, 0) is 29.8 Å². The first-order valence-corrected chi connectivity index (χ1v) is 6.06. The van der Waals surface area contributed by atoms with Gasteiger partial charge in [-0.2, -0.15) is 0 Å². The Balaban J connectivity index is 2.60. The summed E-state index contributed by atoms with van der Waals surface area (Å²) in [7, 11) is 3.28. The molecule has 1 aliphatic rings. The Hall–Kier alpha value is -2.10. The van der Waals surface area contributed by atoms with Crippen molar-refractivity contribution in [3.63, 3.8) is 0 Å². The zero-order valence-corrected chi connectivity index (χ0v) is 11.6. The molecule has 1 aliphatic heterocycles. The molecule has 0 unspecified atom stereocenters. The van der Waals surface area contributed by atoms with E-state index in [4.69, 9.17) is 4.74 Å². The second kappa shape index (κ2) is 4.53. The van der Waals surface area contributed by atoms with Crippen LogP contribution in [0.5, 0.6) is 0 Å². The number of aldehydes is 1. The van der Waals surface area contributed by atoms with Crippen molar-refractivity contribution in [1.82, 2.24) is 0 Å². The standard InChI is InChI=1S/C15H17NO3/c1-15(2)11-9-10(14(18)19-4)5-6-12(11)16(3)13(15)7-8-17/h5-9H,1-4H3. The molecule has 0 fully saturated rings. The highest BCUT2D eigenvalue weighted by Crippen LogP contribution is 2.46. The van der Waals surface area contributed by atoms with Crippen LogP contribution in [0.3, 0.4) is 0 Å². The Labute approximate surface area is 112 Å². The molecule has 0 amide bonds. The highest BCUT2D eigenvalue weighted by molar-refractivity contribution is 5.91. The minimum atomic E-state index is -0.353. The number of carbonyl (C=O) groups excluding carboxylic acids is 2. The lowest BCUT2D eigenvalue weighted by atomic mass is 9.83. The van der Waals surface area contributed by atoms with Crippen LogP contribution in [0.4, 0.5) is 5.69 Å². The first-order chi connectivity index (χ1) is 8.93. The molecule has 0 aliphatic carbocycles. The summed E-state index contributed by atoms with van der Waals surface area (Å²) >= 11 is 0. The predicted molar refractivity (Wildman–Crippen MR) is 73.4 cm³/mol. The largest absolute Gasteiger partial charge is 0.465 e. The zero-order chi connectivity index (χ0) is 14.2. The van der Waals surface area contributed by atoms with Crippen LogP contribution >= 0.6 is 0 Å². The van der Waals surface area contributed by atoms with Crippen LogP contribution in [0.25, 0.3) is 0 Å². The number of rotatable bonds is 2. The highest BCUT2D eigenvalue weighted by Gasteiger charge is 2.38. The second-order valence-electron chi connectivity index (χ2n) is 5.10. The third-order valence-electron chi connectivity index (χ3n) is 3.68. The van der Waals surface area contributed by atoms with Crippen molar-refractivity contribution in [1.29, 1.82) is 0 Å². The quantitative estimate of drug-likeness (QED) is 0.464. The molecular weight excluding hydrogens is 242 g/mol. The maximum absolute atomic E-state index is 11.6. The Kier molecular flexibility index (Phi) is 3.18. The molecule has 0 radical (unpaired) electrons. The molecule has 4 nitrogen and oxygen atoms in total.